The second kappa shape index (κ2) is 38.6. The van der Waals surface area contributed by atoms with Crippen molar-refractivity contribution in [3.63, 3.8) is 0 Å². The number of unbranched alkanes of at least 4 members (excludes halogenated alkanes) is 21. The maximum absolute atomic E-state index is 12.9. The first-order chi connectivity index (χ1) is 33.7. The van der Waals surface area contributed by atoms with E-state index >= 15 is 0 Å². The molecule has 3 unspecified atom stereocenters. The maximum Gasteiger partial charge on any atom is 0.481 e. The van der Waals surface area contributed by atoms with E-state index in [4.69, 9.17) is 29.0 Å². The van der Waals surface area contributed by atoms with Crippen LogP contribution in [0.4, 0.5) is 5.82 Å². The molecule has 7 atom stereocenters. The number of anilines is 1. The number of aliphatic hydroxyl groups excluding tert-OH is 2. The number of phosphoric acid groups is 2. The molecule has 20 heteroatoms. The lowest BCUT2D eigenvalue weighted by atomic mass is 10.1. The Labute approximate surface area is 417 Å². The van der Waals surface area contributed by atoms with E-state index in [9.17, 15) is 43.5 Å². The maximum atomic E-state index is 12.9. The zero-order chi connectivity index (χ0) is 51.3. The summed E-state index contributed by atoms with van der Waals surface area (Å²) in [5.74, 6) is -1.31. The third-order valence-corrected chi connectivity index (χ3v) is 14.3. The minimum atomic E-state index is -5.43. The molecule has 0 saturated carbocycles. The highest BCUT2D eigenvalue weighted by Crippen LogP contribution is 2.60. The second-order valence-corrected chi connectivity index (χ2v) is 21.1. The number of ether oxygens (including phenoxy) is 3. The number of nitrogens with two attached hydrogens (primary N) is 1. The van der Waals surface area contributed by atoms with Crippen molar-refractivity contribution in [1.29, 1.82) is 0 Å². The van der Waals surface area contributed by atoms with Crippen molar-refractivity contribution in [3.05, 3.63) is 59.2 Å². The number of hydrogen-bond donors (Lipinski definition) is 5. The molecular weight excluding hydrogens is 945 g/mol. The summed E-state index contributed by atoms with van der Waals surface area (Å²) in [6, 6.07) is 1.25. The zero-order valence-electron chi connectivity index (χ0n) is 42.1. The highest BCUT2D eigenvalue weighted by Gasteiger charge is 2.46. The van der Waals surface area contributed by atoms with Crippen LogP contribution in [0.1, 0.15) is 200 Å². The van der Waals surface area contributed by atoms with Gasteiger partial charge in [-0.15, -0.1) is 0 Å². The van der Waals surface area contributed by atoms with E-state index in [1.807, 2.05) is 0 Å². The number of aliphatic hydroxyl groups is 2. The first kappa shape index (κ1) is 63.1. The monoisotopic (exact) mass is 1030 g/mol. The molecule has 1 aliphatic heterocycles. The van der Waals surface area contributed by atoms with Crippen LogP contribution in [0.5, 0.6) is 0 Å². The number of aromatic nitrogens is 2. The van der Waals surface area contributed by atoms with Gasteiger partial charge in [0.1, 0.15) is 30.7 Å². The van der Waals surface area contributed by atoms with Crippen LogP contribution in [0.25, 0.3) is 0 Å². The lowest BCUT2D eigenvalue weighted by Crippen LogP contribution is -2.36. The van der Waals surface area contributed by atoms with Gasteiger partial charge in [-0.25, -0.2) is 13.9 Å². The summed E-state index contributed by atoms with van der Waals surface area (Å²) in [5.41, 5.74) is 4.59. The van der Waals surface area contributed by atoms with Gasteiger partial charge in [0.25, 0.3) is 0 Å². The molecule has 1 aliphatic rings. The largest absolute Gasteiger partial charge is 0.481 e. The molecule has 0 aliphatic carbocycles. The number of nitrogen functional groups attached to an aromatic ring is 1. The summed E-state index contributed by atoms with van der Waals surface area (Å²) < 4.78 is 56.8. The third kappa shape index (κ3) is 30.8. The van der Waals surface area contributed by atoms with Gasteiger partial charge in [0.2, 0.25) is 0 Å². The number of nitrogens with zero attached hydrogens (tertiary/aromatic N) is 2. The van der Waals surface area contributed by atoms with Gasteiger partial charge in [0.15, 0.2) is 12.3 Å². The summed E-state index contributed by atoms with van der Waals surface area (Å²) in [7, 11) is -10.8. The molecule has 1 aromatic rings. The van der Waals surface area contributed by atoms with Gasteiger partial charge in [0, 0.05) is 19.0 Å². The highest BCUT2D eigenvalue weighted by molar-refractivity contribution is 7.61. The van der Waals surface area contributed by atoms with Crippen LogP contribution >= 0.6 is 15.6 Å². The number of esters is 2. The number of hydrogen-bond acceptors (Lipinski definition) is 15. The molecule has 0 bridgehead atoms. The smallest absolute Gasteiger partial charge is 0.462 e. The zero-order valence-corrected chi connectivity index (χ0v) is 43.9. The van der Waals surface area contributed by atoms with E-state index in [-0.39, 0.29) is 18.7 Å². The van der Waals surface area contributed by atoms with Crippen molar-refractivity contribution in [2.45, 2.75) is 224 Å². The Bertz CT molecular complexity index is 1810. The van der Waals surface area contributed by atoms with Crippen molar-refractivity contribution < 1.29 is 66.3 Å². The van der Waals surface area contributed by atoms with Crippen molar-refractivity contribution in [1.82, 2.24) is 9.55 Å². The average Bonchev–Trinajstić information content (AvgIpc) is 3.59. The second-order valence-electron chi connectivity index (χ2n) is 18.0. The number of carbonyl (C=O) groups excluding carboxylic acids is 2. The molecule has 0 spiro atoms. The van der Waals surface area contributed by atoms with E-state index in [2.05, 4.69) is 59.6 Å². The highest BCUT2D eigenvalue weighted by atomic mass is 31.3. The van der Waals surface area contributed by atoms with Crippen LogP contribution in [0.2, 0.25) is 0 Å². The van der Waals surface area contributed by atoms with Gasteiger partial charge >= 0.3 is 33.3 Å². The summed E-state index contributed by atoms with van der Waals surface area (Å²) in [6.07, 6.45) is 35.0. The predicted octanol–water partition coefficient (Wildman–Crippen LogP) is 10.8. The van der Waals surface area contributed by atoms with Gasteiger partial charge in [0.05, 0.1) is 13.2 Å². The standard InChI is InChI=1S/C50H87N3O15P2/c1-3-5-7-9-11-13-15-17-19-20-22-23-25-27-29-31-33-35-45(54)63-39-42(66-46(55)36-34-32-30-28-26-24-21-18-16-14-12-10-8-6-4-2)40-64-69(59,60)68-70(61,62)65-41-43-47(56)48(57)49(67-43)53-38-37-44(51)52-50(53)58/h12,14,17-19,21,37-38,42-43,47-49,56-57H,3-11,13,15-16,20,22-36,39-41H2,1-2H3,(H,59,60)(H,61,62)(H2,51,52,58)/b14-12-,19-17-,21-18-/t42-,43-,47+,48?,49-/m1/s1. The molecule has 2 heterocycles. The molecule has 0 amide bonds. The Morgan fingerprint density at radius 3 is 1.71 bits per heavy atom. The van der Waals surface area contributed by atoms with Gasteiger partial charge in [-0.05, 0) is 76.7 Å². The summed E-state index contributed by atoms with van der Waals surface area (Å²) in [4.78, 5) is 61.9. The van der Waals surface area contributed by atoms with Crippen molar-refractivity contribution in [2.24, 2.45) is 0 Å². The van der Waals surface area contributed by atoms with Gasteiger partial charge in [-0.2, -0.15) is 9.29 Å². The van der Waals surface area contributed by atoms with Crippen molar-refractivity contribution in [3.8, 4) is 0 Å². The van der Waals surface area contributed by atoms with Crippen LogP contribution in [-0.2, 0) is 46.3 Å². The Morgan fingerprint density at radius 2 is 1.16 bits per heavy atom. The van der Waals surface area contributed by atoms with E-state index < -0.39 is 83.7 Å². The normalized spacial score (nSPS) is 19.5. The molecule has 6 N–H and O–H groups in total. The summed E-state index contributed by atoms with van der Waals surface area (Å²) in [6.45, 7) is 2.12. The topological polar surface area (TPSA) is 265 Å². The Kier molecular flexibility index (Phi) is 34.8. The van der Waals surface area contributed by atoms with Crippen LogP contribution in [0.3, 0.4) is 0 Å². The van der Waals surface area contributed by atoms with E-state index in [1.165, 1.54) is 70.3 Å². The summed E-state index contributed by atoms with van der Waals surface area (Å²) >= 11 is 0. The quantitative estimate of drug-likeness (QED) is 0.0176. The third-order valence-electron chi connectivity index (χ3n) is 11.7. The molecule has 0 radical (unpaired) electrons. The van der Waals surface area contributed by atoms with E-state index in [0.29, 0.717) is 12.8 Å². The fraction of sp³-hybridized carbons (Fsp3) is 0.760. The van der Waals surface area contributed by atoms with Crippen molar-refractivity contribution >= 4 is 33.4 Å². The van der Waals surface area contributed by atoms with E-state index in [1.54, 1.807) is 0 Å². The van der Waals surface area contributed by atoms with Crippen LogP contribution in [-0.4, -0.2) is 85.7 Å². The predicted molar refractivity (Wildman–Crippen MR) is 270 cm³/mol. The Morgan fingerprint density at radius 1 is 0.686 bits per heavy atom. The first-order valence-corrected chi connectivity index (χ1v) is 29.0. The molecule has 0 aromatic carbocycles. The molecule has 1 aromatic heterocycles. The molecule has 1 fully saturated rings. The van der Waals surface area contributed by atoms with Crippen LogP contribution in [0, 0.1) is 0 Å². The van der Waals surface area contributed by atoms with Crippen LogP contribution < -0.4 is 11.4 Å². The lowest BCUT2D eigenvalue weighted by molar-refractivity contribution is -0.161. The number of allylic oxidation sites excluding steroid dienone is 6. The molecule has 2 rings (SSSR count). The molecule has 70 heavy (non-hydrogen) atoms. The fourth-order valence-electron chi connectivity index (χ4n) is 7.63. The molecule has 18 nitrogen and oxygen atoms in total. The number of carbonyl (C=O) groups is 2. The number of phosphoric ester groups is 2. The Hall–Kier alpha value is -3.02. The minimum Gasteiger partial charge on any atom is -0.462 e. The van der Waals surface area contributed by atoms with E-state index in [0.717, 1.165) is 101 Å². The summed E-state index contributed by atoms with van der Waals surface area (Å²) in [5, 5.41) is 20.9. The Balaban J connectivity index is 1.80. The lowest BCUT2D eigenvalue weighted by Gasteiger charge is -2.21. The SMILES string of the molecule is CCCCC/C=C\C/C=C\CCCCCCCC(=O)O[C@H](COC(=O)CCCCCCCCC/C=C\CCCCCCCC)COP(=O)(O)OP(=O)(O)OC[C@H]1O[C@@H](n2ccc(N)nc2=O)C(O)[C@H]1O. The van der Waals surface area contributed by atoms with Crippen molar-refractivity contribution in [2.75, 3.05) is 25.6 Å². The van der Waals surface area contributed by atoms with Gasteiger partial charge in [-0.1, -0.05) is 147 Å². The first-order valence-electron chi connectivity index (χ1n) is 26.0. The average molecular weight is 1030 g/mol. The molecular formula is C50H87N3O15P2. The minimum absolute atomic E-state index is 0.0337. The number of rotatable bonds is 43. The molecule has 402 valence electrons. The molecule has 1 saturated heterocycles. The van der Waals surface area contributed by atoms with Gasteiger partial charge < -0.3 is 39.9 Å². The van der Waals surface area contributed by atoms with Crippen LogP contribution in [0.15, 0.2) is 53.5 Å². The van der Waals surface area contributed by atoms with Gasteiger partial charge in [-0.3, -0.25) is 23.2 Å². The fourth-order valence-corrected chi connectivity index (χ4v) is 9.74.